The Morgan fingerprint density at radius 2 is 2.05 bits per heavy atom. The molecular formula is C17H21FO3. The van der Waals surface area contributed by atoms with E-state index in [9.17, 15) is 9.18 Å². The van der Waals surface area contributed by atoms with E-state index in [4.69, 9.17) is 9.47 Å². The van der Waals surface area contributed by atoms with Gasteiger partial charge in [-0.25, -0.2) is 4.39 Å². The third kappa shape index (κ3) is 3.01. The molecule has 114 valence electrons. The van der Waals surface area contributed by atoms with E-state index >= 15 is 0 Å². The van der Waals surface area contributed by atoms with Crippen LogP contribution >= 0.6 is 0 Å². The number of hydrogen-bond acceptors (Lipinski definition) is 3. The predicted molar refractivity (Wildman–Crippen MR) is 76.9 cm³/mol. The second-order valence-electron chi connectivity index (χ2n) is 6.18. The summed E-state index contributed by atoms with van der Waals surface area (Å²) in [4.78, 5) is 12.7. The molecule has 4 heteroatoms. The molecule has 0 radical (unpaired) electrons. The molecule has 0 N–H and O–H groups in total. The smallest absolute Gasteiger partial charge is 0.169 e. The first-order chi connectivity index (χ1) is 10.1. The number of Topliss-reactive ketones (excluding diaryl/α,β-unsaturated/α-hetero) is 1. The molecule has 1 aromatic rings. The van der Waals surface area contributed by atoms with Crippen molar-refractivity contribution in [1.29, 1.82) is 0 Å². The molecular weight excluding hydrogens is 271 g/mol. The van der Waals surface area contributed by atoms with Gasteiger partial charge in [-0.05, 0) is 44.7 Å². The number of rotatable bonds is 2. The summed E-state index contributed by atoms with van der Waals surface area (Å²) in [5.74, 6) is -0.642. The largest absolute Gasteiger partial charge is 0.381 e. The molecule has 3 nitrogen and oxygen atoms in total. The van der Waals surface area contributed by atoms with Crippen LogP contribution in [0, 0.1) is 18.7 Å². The molecule has 1 atom stereocenters. The van der Waals surface area contributed by atoms with Gasteiger partial charge in [0.1, 0.15) is 5.82 Å². The minimum Gasteiger partial charge on any atom is -0.381 e. The Balaban J connectivity index is 1.79. The van der Waals surface area contributed by atoms with E-state index in [0.29, 0.717) is 32.7 Å². The van der Waals surface area contributed by atoms with Gasteiger partial charge < -0.3 is 9.47 Å². The van der Waals surface area contributed by atoms with Crippen molar-refractivity contribution in [2.24, 2.45) is 5.92 Å². The number of carbonyl (C=O) groups is 1. The highest BCUT2D eigenvalue weighted by molar-refractivity contribution is 5.98. The minimum atomic E-state index is -0.418. The second kappa shape index (κ2) is 5.85. The van der Waals surface area contributed by atoms with Crippen molar-refractivity contribution in [3.05, 3.63) is 35.1 Å². The van der Waals surface area contributed by atoms with E-state index in [2.05, 4.69) is 0 Å². The molecule has 0 aliphatic carbocycles. The lowest BCUT2D eigenvalue weighted by atomic mass is 9.78. The Hall–Kier alpha value is -1.26. The van der Waals surface area contributed by atoms with Crippen molar-refractivity contribution in [2.75, 3.05) is 19.8 Å². The highest BCUT2D eigenvalue weighted by Crippen LogP contribution is 2.38. The van der Waals surface area contributed by atoms with Crippen LogP contribution in [0.25, 0.3) is 0 Å². The first-order valence-corrected chi connectivity index (χ1v) is 7.62. The van der Waals surface area contributed by atoms with Crippen molar-refractivity contribution in [3.8, 4) is 0 Å². The Morgan fingerprint density at radius 3 is 2.81 bits per heavy atom. The maximum atomic E-state index is 13.9. The Labute approximate surface area is 124 Å². The molecule has 2 heterocycles. The third-order valence-corrected chi connectivity index (χ3v) is 4.66. The van der Waals surface area contributed by atoms with Crippen molar-refractivity contribution in [2.45, 2.75) is 38.2 Å². The molecule has 0 saturated carbocycles. The average Bonchev–Trinajstić information content (AvgIpc) is 2.50. The number of benzene rings is 1. The quantitative estimate of drug-likeness (QED) is 0.785. The summed E-state index contributed by atoms with van der Waals surface area (Å²) in [7, 11) is 0. The van der Waals surface area contributed by atoms with E-state index in [1.807, 2.05) is 6.92 Å². The van der Waals surface area contributed by atoms with Crippen LogP contribution in [-0.2, 0) is 9.47 Å². The van der Waals surface area contributed by atoms with Gasteiger partial charge >= 0.3 is 0 Å². The van der Waals surface area contributed by atoms with E-state index in [1.54, 1.807) is 12.1 Å². The van der Waals surface area contributed by atoms with Crippen molar-refractivity contribution in [3.63, 3.8) is 0 Å². The van der Waals surface area contributed by atoms with Gasteiger partial charge in [-0.3, -0.25) is 4.79 Å². The van der Waals surface area contributed by atoms with Crippen LogP contribution in [0.5, 0.6) is 0 Å². The first-order valence-electron chi connectivity index (χ1n) is 7.62. The lowest BCUT2D eigenvalue weighted by molar-refractivity contribution is -0.142. The van der Waals surface area contributed by atoms with Gasteiger partial charge in [0.25, 0.3) is 0 Å². The summed E-state index contributed by atoms with van der Waals surface area (Å²) in [5.41, 5.74) is 0.897. The zero-order chi connectivity index (χ0) is 14.9. The fourth-order valence-corrected chi connectivity index (χ4v) is 3.39. The number of halogens is 1. The molecule has 2 fully saturated rings. The molecule has 1 spiro atoms. The van der Waals surface area contributed by atoms with Crippen LogP contribution in [0.3, 0.4) is 0 Å². The maximum absolute atomic E-state index is 13.9. The van der Waals surface area contributed by atoms with Crippen LogP contribution in [0.2, 0.25) is 0 Å². The fraction of sp³-hybridized carbons (Fsp3) is 0.588. The van der Waals surface area contributed by atoms with Gasteiger partial charge in [-0.1, -0.05) is 11.6 Å². The number of carbonyl (C=O) groups excluding carboxylic acids is 1. The average molecular weight is 292 g/mol. The predicted octanol–water partition coefficient (Wildman–Crippen LogP) is 3.29. The topological polar surface area (TPSA) is 35.5 Å². The molecule has 2 saturated heterocycles. The SMILES string of the molecule is Cc1ccc(F)c(C(=O)C2CCOC3(CCOCC3)C2)c1. The summed E-state index contributed by atoms with van der Waals surface area (Å²) < 4.78 is 25.3. The van der Waals surface area contributed by atoms with Crippen molar-refractivity contribution < 1.29 is 18.7 Å². The fourth-order valence-electron chi connectivity index (χ4n) is 3.39. The van der Waals surface area contributed by atoms with Gasteiger partial charge in [-0.2, -0.15) is 0 Å². The Bertz CT molecular complexity index is 529. The van der Waals surface area contributed by atoms with E-state index in [0.717, 1.165) is 18.4 Å². The highest BCUT2D eigenvalue weighted by atomic mass is 19.1. The number of ether oxygens (including phenoxy) is 2. The number of hydrogen-bond donors (Lipinski definition) is 0. The first kappa shape index (κ1) is 14.7. The number of ketones is 1. The molecule has 21 heavy (non-hydrogen) atoms. The van der Waals surface area contributed by atoms with Gasteiger partial charge in [0, 0.05) is 25.7 Å². The zero-order valence-corrected chi connectivity index (χ0v) is 12.4. The summed E-state index contributed by atoms with van der Waals surface area (Å²) in [6, 6.07) is 4.73. The molecule has 0 aromatic heterocycles. The van der Waals surface area contributed by atoms with E-state index in [1.165, 1.54) is 6.07 Å². The molecule has 2 aliphatic heterocycles. The summed E-state index contributed by atoms with van der Waals surface area (Å²) in [5, 5.41) is 0. The van der Waals surface area contributed by atoms with Crippen molar-refractivity contribution >= 4 is 5.78 Å². The molecule has 2 aliphatic rings. The summed E-state index contributed by atoms with van der Waals surface area (Å²) in [6.45, 7) is 3.81. The lowest BCUT2D eigenvalue weighted by Gasteiger charge is -2.42. The number of aryl methyl sites for hydroxylation is 1. The highest BCUT2D eigenvalue weighted by Gasteiger charge is 2.41. The third-order valence-electron chi connectivity index (χ3n) is 4.66. The maximum Gasteiger partial charge on any atom is 0.169 e. The van der Waals surface area contributed by atoms with E-state index in [-0.39, 0.29) is 22.9 Å². The van der Waals surface area contributed by atoms with Crippen LogP contribution < -0.4 is 0 Å². The Kier molecular flexibility index (Phi) is 4.09. The standard InChI is InChI=1S/C17H21FO3/c1-12-2-3-15(18)14(10-12)16(19)13-4-7-21-17(11-13)5-8-20-9-6-17/h2-3,10,13H,4-9,11H2,1H3. The summed E-state index contributed by atoms with van der Waals surface area (Å²) in [6.07, 6.45) is 3.01. The molecule has 0 bridgehead atoms. The minimum absolute atomic E-state index is 0.0784. The van der Waals surface area contributed by atoms with Gasteiger partial charge in [0.2, 0.25) is 0 Å². The molecule has 3 rings (SSSR count). The zero-order valence-electron chi connectivity index (χ0n) is 12.4. The van der Waals surface area contributed by atoms with Crippen LogP contribution in [0.15, 0.2) is 18.2 Å². The molecule has 0 amide bonds. The monoisotopic (exact) mass is 292 g/mol. The molecule has 1 aromatic carbocycles. The van der Waals surface area contributed by atoms with Gasteiger partial charge in [0.05, 0.1) is 11.2 Å². The van der Waals surface area contributed by atoms with Gasteiger partial charge in [-0.15, -0.1) is 0 Å². The van der Waals surface area contributed by atoms with E-state index < -0.39 is 5.82 Å². The van der Waals surface area contributed by atoms with Gasteiger partial charge in [0.15, 0.2) is 5.78 Å². The lowest BCUT2D eigenvalue weighted by Crippen LogP contribution is -2.46. The normalized spacial score (nSPS) is 25.0. The summed E-state index contributed by atoms with van der Waals surface area (Å²) >= 11 is 0. The molecule has 1 unspecified atom stereocenters. The second-order valence-corrected chi connectivity index (χ2v) is 6.18. The van der Waals surface area contributed by atoms with Crippen LogP contribution in [-0.4, -0.2) is 31.2 Å². The van der Waals surface area contributed by atoms with Crippen LogP contribution in [0.4, 0.5) is 4.39 Å². The Morgan fingerprint density at radius 1 is 1.29 bits per heavy atom. The van der Waals surface area contributed by atoms with Crippen LogP contribution in [0.1, 0.15) is 41.6 Å². The van der Waals surface area contributed by atoms with Crippen molar-refractivity contribution in [1.82, 2.24) is 0 Å².